The van der Waals surface area contributed by atoms with Crippen molar-refractivity contribution in [3.63, 3.8) is 0 Å². The van der Waals surface area contributed by atoms with E-state index in [-0.39, 0.29) is 10.8 Å². The Morgan fingerprint density at radius 2 is 1.72 bits per heavy atom. The first-order valence-electron chi connectivity index (χ1n) is 14.5. The highest BCUT2D eigenvalue weighted by molar-refractivity contribution is 7.90. The number of hydrogen-bond acceptors (Lipinski definition) is 6. The Morgan fingerprint density at radius 3 is 2.41 bits per heavy atom. The summed E-state index contributed by atoms with van der Waals surface area (Å²) in [5.41, 5.74) is 5.41. The van der Waals surface area contributed by atoms with Gasteiger partial charge < -0.3 is 9.47 Å². The number of rotatable bonds is 7. The Hall–Kier alpha value is -4.28. The fraction of sp³-hybridized carbons (Fsp3) is 0.139. The lowest BCUT2D eigenvalue weighted by Crippen LogP contribution is -2.24. The maximum atomic E-state index is 15.0. The maximum absolute atomic E-state index is 15.0. The van der Waals surface area contributed by atoms with E-state index in [1.807, 2.05) is 42.6 Å². The highest BCUT2D eigenvalue weighted by Crippen LogP contribution is 2.48. The number of esters is 1. The molecule has 1 aliphatic heterocycles. The van der Waals surface area contributed by atoms with Crippen LogP contribution in [0.25, 0.3) is 44.4 Å². The molecular formula is C36H27ClFNO5S2. The standard InChI is InChI=1S/C36H27ClFNO5S2/c1-21-6-10-27(11-7-21)46(41,42)39-32-13-9-26(38)18-30(32)33(29-14-15-45-35(29)25-19-44-20-25)34(39)23-5-3-4-22(16-23)28-12-8-24(17-31(28)37)36(40)43-2/h3-18,25H,19-20H2,1-2H3. The van der Waals surface area contributed by atoms with Gasteiger partial charge in [0.1, 0.15) is 5.82 Å². The normalized spacial score (nSPS) is 13.6. The number of halogens is 2. The van der Waals surface area contributed by atoms with E-state index in [2.05, 4.69) is 0 Å². The van der Waals surface area contributed by atoms with Crippen LogP contribution in [0, 0.1) is 12.7 Å². The lowest BCUT2D eigenvalue weighted by molar-refractivity contribution is 0.0101. The van der Waals surface area contributed by atoms with Crippen molar-refractivity contribution in [2.24, 2.45) is 0 Å². The molecule has 46 heavy (non-hydrogen) atoms. The van der Waals surface area contributed by atoms with Crippen LogP contribution in [-0.4, -0.2) is 38.7 Å². The number of carbonyl (C=O) groups excluding carboxylic acids is 1. The van der Waals surface area contributed by atoms with E-state index in [0.29, 0.717) is 62.7 Å². The zero-order chi connectivity index (χ0) is 32.2. The second-order valence-corrected chi connectivity index (χ2v) is 14.3. The second kappa shape index (κ2) is 11.8. The second-order valence-electron chi connectivity index (χ2n) is 11.2. The van der Waals surface area contributed by atoms with Gasteiger partial charge >= 0.3 is 5.97 Å². The number of benzene rings is 4. The molecule has 1 saturated heterocycles. The van der Waals surface area contributed by atoms with Crippen LogP contribution < -0.4 is 0 Å². The van der Waals surface area contributed by atoms with Gasteiger partial charge in [0.05, 0.1) is 42.0 Å². The molecule has 0 atom stereocenters. The molecule has 232 valence electrons. The molecule has 0 amide bonds. The lowest BCUT2D eigenvalue weighted by Gasteiger charge is -2.26. The third-order valence-corrected chi connectivity index (χ3v) is 11.4. The third kappa shape index (κ3) is 5.13. The first-order valence-corrected chi connectivity index (χ1v) is 17.2. The minimum absolute atomic E-state index is 0.114. The number of hydrogen-bond donors (Lipinski definition) is 0. The van der Waals surface area contributed by atoms with Crippen molar-refractivity contribution in [1.82, 2.24) is 3.97 Å². The van der Waals surface area contributed by atoms with Crippen LogP contribution >= 0.6 is 22.9 Å². The van der Waals surface area contributed by atoms with Crippen molar-refractivity contribution in [2.75, 3.05) is 20.3 Å². The molecule has 6 aromatic rings. The van der Waals surface area contributed by atoms with E-state index < -0.39 is 21.8 Å². The molecule has 0 N–H and O–H groups in total. The number of methoxy groups -OCH3 is 1. The Kier molecular flexibility index (Phi) is 7.81. The number of nitrogens with zero attached hydrogens (tertiary/aromatic N) is 1. The van der Waals surface area contributed by atoms with Gasteiger partial charge in [-0.3, -0.25) is 0 Å². The fourth-order valence-electron chi connectivity index (χ4n) is 5.89. The van der Waals surface area contributed by atoms with Crippen LogP contribution in [-0.2, 0) is 19.5 Å². The van der Waals surface area contributed by atoms with Gasteiger partial charge in [-0.15, -0.1) is 11.3 Å². The molecule has 3 heterocycles. The Morgan fingerprint density at radius 1 is 0.957 bits per heavy atom. The first-order chi connectivity index (χ1) is 22.2. The smallest absolute Gasteiger partial charge is 0.337 e. The van der Waals surface area contributed by atoms with Gasteiger partial charge in [0.25, 0.3) is 10.0 Å². The molecule has 0 aliphatic carbocycles. The van der Waals surface area contributed by atoms with Crippen molar-refractivity contribution in [3.05, 3.63) is 123 Å². The molecular weight excluding hydrogens is 645 g/mol. The highest BCUT2D eigenvalue weighted by Gasteiger charge is 2.33. The molecule has 1 fully saturated rings. The van der Waals surface area contributed by atoms with Crippen LogP contribution in [0.3, 0.4) is 0 Å². The molecule has 0 unspecified atom stereocenters. The Bertz CT molecular complexity index is 2250. The number of ether oxygens (including phenoxy) is 2. The predicted molar refractivity (Wildman–Crippen MR) is 180 cm³/mol. The quantitative estimate of drug-likeness (QED) is 0.158. The van der Waals surface area contributed by atoms with Crippen molar-refractivity contribution in [3.8, 4) is 33.5 Å². The summed E-state index contributed by atoms with van der Waals surface area (Å²) in [4.78, 5) is 13.3. The van der Waals surface area contributed by atoms with E-state index >= 15 is 4.39 Å². The summed E-state index contributed by atoms with van der Waals surface area (Å²) < 4.78 is 56.0. The topological polar surface area (TPSA) is 74.6 Å². The van der Waals surface area contributed by atoms with Crippen LogP contribution in [0.2, 0.25) is 5.02 Å². The summed E-state index contributed by atoms with van der Waals surface area (Å²) >= 11 is 8.25. The molecule has 0 saturated carbocycles. The lowest BCUT2D eigenvalue weighted by atomic mass is 9.93. The minimum atomic E-state index is -4.18. The van der Waals surface area contributed by atoms with Crippen molar-refractivity contribution in [2.45, 2.75) is 17.7 Å². The van der Waals surface area contributed by atoms with Gasteiger partial charge in [-0.1, -0.05) is 53.6 Å². The van der Waals surface area contributed by atoms with Gasteiger partial charge in [0.15, 0.2) is 0 Å². The number of carbonyl (C=O) groups is 1. The van der Waals surface area contributed by atoms with Crippen molar-refractivity contribution in [1.29, 1.82) is 0 Å². The summed E-state index contributed by atoms with van der Waals surface area (Å²) in [6, 6.07) is 25.2. The SMILES string of the molecule is COC(=O)c1ccc(-c2cccc(-c3c(-c4ccsc4C4COC4)c4cc(F)ccc4n3S(=O)(=O)c3ccc(C)cc3)c2)c(Cl)c1. The van der Waals surface area contributed by atoms with Gasteiger partial charge in [-0.25, -0.2) is 21.6 Å². The molecule has 0 radical (unpaired) electrons. The van der Waals surface area contributed by atoms with Crippen LogP contribution in [0.15, 0.2) is 101 Å². The van der Waals surface area contributed by atoms with Crippen LogP contribution in [0.1, 0.15) is 26.7 Å². The maximum Gasteiger partial charge on any atom is 0.337 e. The molecule has 2 aromatic heterocycles. The number of thiophene rings is 1. The van der Waals surface area contributed by atoms with Gasteiger partial charge in [0, 0.05) is 37.9 Å². The first kappa shape index (κ1) is 30.4. The molecule has 6 nitrogen and oxygen atoms in total. The highest BCUT2D eigenvalue weighted by atomic mass is 35.5. The number of aromatic nitrogens is 1. The third-order valence-electron chi connectivity index (χ3n) is 8.26. The average molecular weight is 672 g/mol. The molecule has 0 spiro atoms. The Labute approximate surface area is 274 Å². The summed E-state index contributed by atoms with van der Waals surface area (Å²) in [7, 11) is -2.87. The van der Waals surface area contributed by atoms with Gasteiger partial charge in [-0.2, -0.15) is 0 Å². The summed E-state index contributed by atoms with van der Waals surface area (Å²) in [6.45, 7) is 3.02. The van der Waals surface area contributed by atoms with E-state index in [0.717, 1.165) is 16.0 Å². The average Bonchev–Trinajstić information content (AvgIpc) is 3.62. The van der Waals surface area contributed by atoms with Crippen molar-refractivity contribution >= 4 is 49.8 Å². The predicted octanol–water partition coefficient (Wildman–Crippen LogP) is 8.94. The van der Waals surface area contributed by atoms with Crippen LogP contribution in [0.5, 0.6) is 0 Å². The van der Waals surface area contributed by atoms with E-state index in [4.69, 9.17) is 21.1 Å². The van der Waals surface area contributed by atoms with Gasteiger partial charge in [0.2, 0.25) is 0 Å². The zero-order valence-electron chi connectivity index (χ0n) is 24.8. The Balaban J connectivity index is 1.54. The van der Waals surface area contributed by atoms with E-state index in [1.165, 1.54) is 29.3 Å². The summed E-state index contributed by atoms with van der Waals surface area (Å²) in [5, 5.41) is 2.79. The fourth-order valence-corrected chi connectivity index (χ4v) is 8.71. The number of aryl methyl sites for hydroxylation is 1. The monoisotopic (exact) mass is 671 g/mol. The van der Waals surface area contributed by atoms with Gasteiger partial charge in [-0.05, 0) is 78.0 Å². The molecule has 4 aromatic carbocycles. The molecule has 1 aliphatic rings. The molecule has 0 bridgehead atoms. The minimum Gasteiger partial charge on any atom is -0.465 e. The molecule has 10 heteroatoms. The number of fused-ring (bicyclic) bond motifs is 1. The molecule has 7 rings (SSSR count). The van der Waals surface area contributed by atoms with Crippen LogP contribution in [0.4, 0.5) is 4.39 Å². The summed E-state index contributed by atoms with van der Waals surface area (Å²) in [6.07, 6.45) is 0. The van der Waals surface area contributed by atoms with E-state index in [1.54, 1.807) is 53.8 Å². The zero-order valence-corrected chi connectivity index (χ0v) is 27.2. The largest absolute Gasteiger partial charge is 0.465 e. The van der Waals surface area contributed by atoms with E-state index in [9.17, 15) is 13.2 Å². The summed E-state index contributed by atoms with van der Waals surface area (Å²) in [5.74, 6) is -0.824. The van der Waals surface area contributed by atoms with Crippen molar-refractivity contribution < 1.29 is 27.1 Å².